The number of benzene rings is 1. The van der Waals surface area contributed by atoms with Crippen LogP contribution in [-0.4, -0.2) is 13.0 Å². The molecule has 1 N–H and O–H groups in total. The molecule has 5 heteroatoms. The van der Waals surface area contributed by atoms with Crippen molar-refractivity contribution < 1.29 is 13.9 Å². The molecule has 2 aromatic rings. The molecular formula is C15H14N2O3. The lowest BCUT2D eigenvalue weighted by atomic mass is 10.1. The Morgan fingerprint density at radius 1 is 1.40 bits per heavy atom. The predicted octanol–water partition coefficient (Wildman–Crippen LogP) is 2.23. The monoisotopic (exact) mass is 270 g/mol. The number of hydrogen-bond acceptors (Lipinski definition) is 4. The number of methoxy groups -OCH3 is 1. The van der Waals surface area contributed by atoms with Crippen LogP contribution in [-0.2, 0) is 17.9 Å². The lowest BCUT2D eigenvalue weighted by molar-refractivity contribution is 0.0914. The molecular weight excluding hydrogens is 256 g/mol. The second kappa shape index (κ2) is 6.55. The van der Waals surface area contributed by atoms with Crippen LogP contribution in [0.2, 0.25) is 0 Å². The molecule has 2 rings (SSSR count). The van der Waals surface area contributed by atoms with Crippen molar-refractivity contribution in [3.63, 3.8) is 0 Å². The highest BCUT2D eigenvalue weighted by molar-refractivity contribution is 5.91. The van der Waals surface area contributed by atoms with Gasteiger partial charge in [-0.3, -0.25) is 4.79 Å². The van der Waals surface area contributed by atoms with Crippen molar-refractivity contribution in [3.05, 3.63) is 59.0 Å². The zero-order valence-electron chi connectivity index (χ0n) is 11.1. The Bertz CT molecular complexity index is 641. The fourth-order valence-electron chi connectivity index (χ4n) is 1.74. The highest BCUT2D eigenvalue weighted by Crippen LogP contribution is 2.09. The van der Waals surface area contributed by atoms with Gasteiger partial charge >= 0.3 is 0 Å². The van der Waals surface area contributed by atoms with Crippen LogP contribution >= 0.6 is 0 Å². The van der Waals surface area contributed by atoms with Crippen LogP contribution in [0.15, 0.2) is 40.8 Å². The summed E-state index contributed by atoms with van der Waals surface area (Å²) in [6.45, 7) is 0.673. The normalized spacial score (nSPS) is 10.0. The molecule has 1 aromatic carbocycles. The van der Waals surface area contributed by atoms with Gasteiger partial charge in [-0.2, -0.15) is 5.26 Å². The van der Waals surface area contributed by atoms with Gasteiger partial charge in [0.2, 0.25) is 0 Å². The molecule has 0 saturated carbocycles. The minimum absolute atomic E-state index is 0.244. The predicted molar refractivity (Wildman–Crippen MR) is 71.7 cm³/mol. The van der Waals surface area contributed by atoms with E-state index in [9.17, 15) is 4.79 Å². The number of carbonyl (C=O) groups is 1. The molecule has 0 atom stereocenters. The number of nitrogens with one attached hydrogen (secondary N) is 1. The van der Waals surface area contributed by atoms with E-state index < -0.39 is 0 Å². The summed E-state index contributed by atoms with van der Waals surface area (Å²) >= 11 is 0. The Kier molecular flexibility index (Phi) is 4.53. The van der Waals surface area contributed by atoms with Gasteiger partial charge < -0.3 is 14.5 Å². The van der Waals surface area contributed by atoms with Gasteiger partial charge in [0.05, 0.1) is 11.6 Å². The number of ether oxygens (including phenoxy) is 1. The Balaban J connectivity index is 1.95. The number of nitrogens with zero attached hydrogens (tertiary/aromatic N) is 1. The first-order valence-corrected chi connectivity index (χ1v) is 6.08. The Labute approximate surface area is 116 Å². The maximum atomic E-state index is 11.9. The van der Waals surface area contributed by atoms with E-state index in [2.05, 4.69) is 11.4 Å². The van der Waals surface area contributed by atoms with E-state index in [1.54, 1.807) is 37.4 Å². The first-order chi connectivity index (χ1) is 9.72. The van der Waals surface area contributed by atoms with Crippen molar-refractivity contribution in [2.24, 2.45) is 0 Å². The van der Waals surface area contributed by atoms with E-state index in [1.165, 1.54) is 0 Å². The van der Waals surface area contributed by atoms with Crippen molar-refractivity contribution in [1.29, 1.82) is 5.26 Å². The molecule has 0 unspecified atom stereocenters. The number of nitriles is 1. The van der Waals surface area contributed by atoms with Gasteiger partial charge in [-0.1, -0.05) is 12.1 Å². The third-order valence-corrected chi connectivity index (χ3v) is 2.68. The molecule has 1 heterocycles. The van der Waals surface area contributed by atoms with Crippen LogP contribution in [0.4, 0.5) is 0 Å². The second-order valence-electron chi connectivity index (χ2n) is 4.19. The molecule has 102 valence electrons. The largest absolute Gasteiger partial charge is 0.453 e. The molecule has 0 aliphatic rings. The Morgan fingerprint density at radius 3 is 3.00 bits per heavy atom. The van der Waals surface area contributed by atoms with Crippen molar-refractivity contribution in [2.75, 3.05) is 7.11 Å². The highest BCUT2D eigenvalue weighted by Gasteiger charge is 2.10. The molecule has 5 nitrogen and oxygen atoms in total. The number of carbonyl (C=O) groups excluding carboxylic acids is 1. The molecule has 0 fully saturated rings. The second-order valence-corrected chi connectivity index (χ2v) is 4.19. The summed E-state index contributed by atoms with van der Waals surface area (Å²) in [6, 6.07) is 12.4. The number of furan rings is 1. The fraction of sp³-hybridized carbons (Fsp3) is 0.200. The zero-order valence-corrected chi connectivity index (χ0v) is 11.1. The lowest BCUT2D eigenvalue weighted by Crippen LogP contribution is -2.22. The molecule has 0 aliphatic heterocycles. The van der Waals surface area contributed by atoms with Gasteiger partial charge in [0.15, 0.2) is 5.76 Å². The van der Waals surface area contributed by atoms with Crippen LogP contribution in [0.1, 0.15) is 27.4 Å². The summed E-state index contributed by atoms with van der Waals surface area (Å²) in [5.41, 5.74) is 1.43. The molecule has 1 amide bonds. The summed E-state index contributed by atoms with van der Waals surface area (Å²) in [6.07, 6.45) is 0. The summed E-state index contributed by atoms with van der Waals surface area (Å²) in [7, 11) is 1.56. The molecule has 0 aliphatic carbocycles. The minimum atomic E-state index is -0.297. The fourth-order valence-corrected chi connectivity index (χ4v) is 1.74. The van der Waals surface area contributed by atoms with Crippen molar-refractivity contribution >= 4 is 5.91 Å². The molecule has 0 radical (unpaired) electrons. The topological polar surface area (TPSA) is 75.3 Å². The standard InChI is InChI=1S/C15H14N2O3/c1-19-10-13-5-6-14(20-13)15(18)17-9-12-4-2-3-11(7-12)8-16/h2-7H,9-10H2,1H3,(H,17,18). The van der Waals surface area contributed by atoms with Crippen LogP contribution < -0.4 is 5.32 Å². The molecule has 0 spiro atoms. The maximum absolute atomic E-state index is 11.9. The third kappa shape index (κ3) is 3.46. The van der Waals surface area contributed by atoms with Crippen LogP contribution in [0, 0.1) is 11.3 Å². The summed E-state index contributed by atoms with van der Waals surface area (Å²) in [4.78, 5) is 11.9. The lowest BCUT2D eigenvalue weighted by Gasteiger charge is -2.03. The molecule has 0 bridgehead atoms. The van der Waals surface area contributed by atoms with Crippen LogP contribution in [0.3, 0.4) is 0 Å². The smallest absolute Gasteiger partial charge is 0.287 e. The van der Waals surface area contributed by atoms with Crippen LogP contribution in [0.5, 0.6) is 0 Å². The zero-order chi connectivity index (χ0) is 14.4. The maximum Gasteiger partial charge on any atom is 0.287 e. The summed E-state index contributed by atoms with van der Waals surface area (Å²) in [5.74, 6) is 0.548. The van der Waals surface area contributed by atoms with E-state index in [4.69, 9.17) is 14.4 Å². The van der Waals surface area contributed by atoms with Gasteiger partial charge in [-0.15, -0.1) is 0 Å². The summed E-state index contributed by atoms with van der Waals surface area (Å²) in [5, 5.41) is 11.5. The van der Waals surface area contributed by atoms with Crippen LogP contribution in [0.25, 0.3) is 0 Å². The average molecular weight is 270 g/mol. The van der Waals surface area contributed by atoms with E-state index >= 15 is 0 Å². The number of amides is 1. The van der Waals surface area contributed by atoms with Crippen molar-refractivity contribution in [1.82, 2.24) is 5.32 Å². The van der Waals surface area contributed by atoms with Gasteiger partial charge in [-0.05, 0) is 29.8 Å². The van der Waals surface area contributed by atoms with Crippen molar-refractivity contribution in [3.8, 4) is 6.07 Å². The highest BCUT2D eigenvalue weighted by atomic mass is 16.5. The average Bonchev–Trinajstić information content (AvgIpc) is 2.94. The van der Waals surface area contributed by atoms with E-state index in [-0.39, 0.29) is 11.7 Å². The van der Waals surface area contributed by atoms with Gasteiger partial charge in [0.1, 0.15) is 12.4 Å². The first kappa shape index (κ1) is 13.8. The van der Waals surface area contributed by atoms with E-state index in [0.29, 0.717) is 24.5 Å². The SMILES string of the molecule is COCc1ccc(C(=O)NCc2cccc(C#N)c2)o1. The minimum Gasteiger partial charge on any atom is -0.453 e. The summed E-state index contributed by atoms with van der Waals surface area (Å²) < 4.78 is 10.2. The third-order valence-electron chi connectivity index (χ3n) is 2.68. The molecule has 0 saturated heterocycles. The van der Waals surface area contributed by atoms with Gasteiger partial charge in [0, 0.05) is 13.7 Å². The number of hydrogen-bond donors (Lipinski definition) is 1. The Morgan fingerprint density at radius 2 is 2.25 bits per heavy atom. The number of rotatable bonds is 5. The van der Waals surface area contributed by atoms with Crippen molar-refractivity contribution in [2.45, 2.75) is 13.2 Å². The molecule has 1 aromatic heterocycles. The Hall–Kier alpha value is -2.58. The molecule has 20 heavy (non-hydrogen) atoms. The van der Waals surface area contributed by atoms with Gasteiger partial charge in [-0.25, -0.2) is 0 Å². The quantitative estimate of drug-likeness (QED) is 0.904. The van der Waals surface area contributed by atoms with E-state index in [0.717, 1.165) is 5.56 Å². The van der Waals surface area contributed by atoms with Gasteiger partial charge in [0.25, 0.3) is 5.91 Å². The van der Waals surface area contributed by atoms with E-state index in [1.807, 2.05) is 6.07 Å². The first-order valence-electron chi connectivity index (χ1n) is 6.08.